The van der Waals surface area contributed by atoms with Gasteiger partial charge in [0.15, 0.2) is 0 Å². The number of aromatic hydroxyl groups is 1. The molecule has 0 heterocycles. The van der Waals surface area contributed by atoms with E-state index in [0.717, 1.165) is 12.8 Å². The van der Waals surface area contributed by atoms with E-state index < -0.39 is 42.2 Å². The van der Waals surface area contributed by atoms with Gasteiger partial charge in [-0.15, -0.1) is 0 Å². The fourth-order valence-corrected chi connectivity index (χ4v) is 3.30. The molecule has 9 heteroatoms. The second-order valence-electron chi connectivity index (χ2n) is 8.67. The third kappa shape index (κ3) is 8.03. The van der Waals surface area contributed by atoms with Crippen LogP contribution < -0.4 is 10.6 Å². The van der Waals surface area contributed by atoms with Gasteiger partial charge in [-0.1, -0.05) is 31.5 Å². The molecule has 0 saturated heterocycles. The number of carbonyl (C=O) groups excluding carboxylic acids is 3. The summed E-state index contributed by atoms with van der Waals surface area (Å²) in [7, 11) is 0. The number of carbonyl (C=O) groups is 3. The second kappa shape index (κ2) is 12.3. The number of likely N-dealkylation sites (N-methyl/N-ethyl adjacent to an activating group) is 1. The maximum Gasteiger partial charge on any atom is 0.408 e. The molecule has 32 heavy (non-hydrogen) atoms. The first-order valence-corrected chi connectivity index (χ1v) is 10.9. The minimum absolute atomic E-state index is 0.0971. The topological polar surface area (TPSA) is 128 Å². The molecule has 0 fully saturated rings. The van der Waals surface area contributed by atoms with E-state index in [2.05, 4.69) is 10.6 Å². The van der Waals surface area contributed by atoms with Gasteiger partial charge in [-0.05, 0) is 47.1 Å². The Kier molecular flexibility index (Phi) is 10.5. The first kappa shape index (κ1) is 27.2. The number of nitrogens with one attached hydrogen (secondary N) is 2. The van der Waals surface area contributed by atoms with E-state index >= 15 is 0 Å². The first-order valence-electron chi connectivity index (χ1n) is 10.9. The lowest BCUT2D eigenvalue weighted by Gasteiger charge is -2.34. The maximum absolute atomic E-state index is 13.3. The molecule has 0 aliphatic heterocycles. The molecule has 9 nitrogen and oxygen atoms in total. The summed E-state index contributed by atoms with van der Waals surface area (Å²) in [6.07, 6.45) is 0.755. The Morgan fingerprint density at radius 3 is 2.25 bits per heavy atom. The third-order valence-corrected chi connectivity index (χ3v) is 4.70. The summed E-state index contributed by atoms with van der Waals surface area (Å²) in [4.78, 5) is 39.9. The number of ether oxygens (including phenoxy) is 1. The van der Waals surface area contributed by atoms with Crippen LogP contribution in [0.3, 0.4) is 0 Å². The number of para-hydroxylation sites is 1. The zero-order chi connectivity index (χ0) is 24.5. The second-order valence-corrected chi connectivity index (χ2v) is 8.67. The molecule has 0 aliphatic rings. The number of alkyl carbamates (subject to hydrolysis) is 1. The van der Waals surface area contributed by atoms with Gasteiger partial charge in [0.1, 0.15) is 23.4 Å². The number of aliphatic hydroxyl groups is 1. The number of benzene rings is 1. The van der Waals surface area contributed by atoms with E-state index in [1.807, 2.05) is 13.8 Å². The van der Waals surface area contributed by atoms with E-state index in [1.54, 1.807) is 45.9 Å². The van der Waals surface area contributed by atoms with Crippen LogP contribution in [0.1, 0.15) is 66.0 Å². The van der Waals surface area contributed by atoms with Crippen molar-refractivity contribution in [2.24, 2.45) is 0 Å². The highest BCUT2D eigenvalue weighted by Gasteiger charge is 2.36. The summed E-state index contributed by atoms with van der Waals surface area (Å²) in [5.74, 6) is -1.27. The van der Waals surface area contributed by atoms with Crippen LogP contribution in [0.4, 0.5) is 4.79 Å². The molecule has 3 amide bonds. The van der Waals surface area contributed by atoms with Crippen LogP contribution in [0, 0.1) is 0 Å². The molecule has 1 aromatic carbocycles. The fraction of sp³-hybridized carbons (Fsp3) is 0.609. The molecule has 180 valence electrons. The van der Waals surface area contributed by atoms with Gasteiger partial charge >= 0.3 is 6.09 Å². The summed E-state index contributed by atoms with van der Waals surface area (Å²) < 4.78 is 5.17. The summed E-state index contributed by atoms with van der Waals surface area (Å²) in [6, 6.07) is 3.67. The molecule has 0 spiro atoms. The largest absolute Gasteiger partial charge is 0.508 e. The Hall–Kier alpha value is -2.81. The number of hydrogen-bond donors (Lipinski definition) is 4. The van der Waals surface area contributed by atoms with Gasteiger partial charge in [0.25, 0.3) is 0 Å². The third-order valence-electron chi connectivity index (χ3n) is 4.70. The number of amides is 3. The molecule has 0 saturated carbocycles. The number of nitrogens with zero attached hydrogens (tertiary/aromatic N) is 1. The Bertz CT molecular complexity index is 777. The molecular formula is C23H37N3O6. The van der Waals surface area contributed by atoms with Gasteiger partial charge in [0.05, 0.1) is 6.61 Å². The van der Waals surface area contributed by atoms with E-state index in [-0.39, 0.29) is 23.9 Å². The molecule has 1 aromatic rings. The molecule has 0 bridgehead atoms. The first-order chi connectivity index (χ1) is 14.9. The number of phenolic OH excluding ortho intramolecular Hbond substituents is 1. The van der Waals surface area contributed by atoms with Crippen LogP contribution in [0.15, 0.2) is 24.3 Å². The average Bonchev–Trinajstić information content (AvgIpc) is 2.69. The highest BCUT2D eigenvalue weighted by molar-refractivity contribution is 5.92. The van der Waals surface area contributed by atoms with Crippen LogP contribution in [0.5, 0.6) is 5.75 Å². The zero-order valence-corrected chi connectivity index (χ0v) is 19.8. The SMILES string of the molecule is CCCC(C)NC(=O)C(c1ccccc1O)N(CC)C(=O)C(CO)NC(=O)OC(C)(C)C. The zero-order valence-electron chi connectivity index (χ0n) is 19.8. The monoisotopic (exact) mass is 451 g/mol. The molecule has 3 unspecified atom stereocenters. The quantitative estimate of drug-likeness (QED) is 0.433. The maximum atomic E-state index is 13.3. The van der Waals surface area contributed by atoms with Crippen molar-refractivity contribution in [2.75, 3.05) is 13.2 Å². The van der Waals surface area contributed by atoms with Gasteiger partial charge in [-0.25, -0.2) is 4.79 Å². The Balaban J connectivity index is 3.26. The molecule has 0 aliphatic carbocycles. The number of hydrogen-bond acceptors (Lipinski definition) is 6. The van der Waals surface area contributed by atoms with Crippen molar-refractivity contribution < 1.29 is 29.3 Å². The molecule has 1 rings (SSSR count). The van der Waals surface area contributed by atoms with Gasteiger partial charge in [0, 0.05) is 18.2 Å². The van der Waals surface area contributed by atoms with E-state index in [9.17, 15) is 24.6 Å². The fourth-order valence-electron chi connectivity index (χ4n) is 3.30. The van der Waals surface area contributed by atoms with Crippen LogP contribution in [0.2, 0.25) is 0 Å². The Morgan fingerprint density at radius 1 is 1.12 bits per heavy atom. The summed E-state index contributed by atoms with van der Waals surface area (Å²) >= 11 is 0. The normalized spacial score (nSPS) is 14.1. The highest BCUT2D eigenvalue weighted by Crippen LogP contribution is 2.29. The van der Waals surface area contributed by atoms with E-state index in [1.165, 1.54) is 11.0 Å². The molecule has 3 atom stereocenters. The molecule has 0 radical (unpaired) electrons. The minimum atomic E-state index is -1.32. The molecular weight excluding hydrogens is 414 g/mol. The average molecular weight is 452 g/mol. The van der Waals surface area contributed by atoms with Crippen molar-refractivity contribution in [3.05, 3.63) is 29.8 Å². The van der Waals surface area contributed by atoms with Crippen LogP contribution in [-0.2, 0) is 14.3 Å². The van der Waals surface area contributed by atoms with Gasteiger partial charge in [-0.2, -0.15) is 0 Å². The predicted octanol–water partition coefficient (Wildman–Crippen LogP) is 2.47. The van der Waals surface area contributed by atoms with Crippen LogP contribution in [-0.4, -0.2) is 63.9 Å². The van der Waals surface area contributed by atoms with Crippen molar-refractivity contribution in [1.82, 2.24) is 15.5 Å². The summed E-state index contributed by atoms with van der Waals surface area (Å²) in [5, 5.41) is 25.4. The van der Waals surface area contributed by atoms with Crippen molar-refractivity contribution >= 4 is 17.9 Å². The standard InChI is InChI=1S/C23H37N3O6/c1-7-11-15(3)24-20(29)19(16-12-9-10-13-18(16)28)26(8-2)21(30)17(14-27)25-22(31)32-23(4,5)6/h9-10,12-13,15,17,19,27-28H,7-8,11,14H2,1-6H3,(H,24,29)(H,25,31). The molecule has 4 N–H and O–H groups in total. The lowest BCUT2D eigenvalue weighted by molar-refractivity contribution is -0.143. The summed E-state index contributed by atoms with van der Waals surface area (Å²) in [5.41, 5.74) is -0.538. The van der Waals surface area contributed by atoms with Gasteiger partial charge < -0.3 is 30.5 Å². The number of rotatable bonds is 10. The Labute approximate surface area is 190 Å². The van der Waals surface area contributed by atoms with Crippen molar-refractivity contribution in [3.63, 3.8) is 0 Å². The lowest BCUT2D eigenvalue weighted by Crippen LogP contribution is -2.54. The smallest absolute Gasteiger partial charge is 0.408 e. The highest BCUT2D eigenvalue weighted by atomic mass is 16.6. The predicted molar refractivity (Wildman–Crippen MR) is 121 cm³/mol. The minimum Gasteiger partial charge on any atom is -0.508 e. The van der Waals surface area contributed by atoms with E-state index in [4.69, 9.17) is 4.74 Å². The van der Waals surface area contributed by atoms with Gasteiger partial charge in [0.2, 0.25) is 11.8 Å². The molecule has 0 aromatic heterocycles. The number of phenols is 1. The van der Waals surface area contributed by atoms with Crippen molar-refractivity contribution in [3.8, 4) is 5.75 Å². The Morgan fingerprint density at radius 2 is 1.75 bits per heavy atom. The van der Waals surface area contributed by atoms with Gasteiger partial charge in [-0.3, -0.25) is 9.59 Å². The van der Waals surface area contributed by atoms with E-state index in [0.29, 0.717) is 0 Å². The van der Waals surface area contributed by atoms with Crippen molar-refractivity contribution in [2.45, 2.75) is 78.1 Å². The van der Waals surface area contributed by atoms with Crippen LogP contribution in [0.25, 0.3) is 0 Å². The van der Waals surface area contributed by atoms with Crippen molar-refractivity contribution in [1.29, 1.82) is 0 Å². The van der Waals surface area contributed by atoms with Crippen LogP contribution >= 0.6 is 0 Å². The summed E-state index contributed by atoms with van der Waals surface area (Å²) in [6.45, 7) is 9.98. The number of aliphatic hydroxyl groups excluding tert-OH is 1. The lowest BCUT2D eigenvalue weighted by atomic mass is 10.0.